The minimum absolute atomic E-state index is 0.0675. The Hall–Kier alpha value is -2.84. The highest BCUT2D eigenvalue weighted by atomic mass is 16.4. The van der Waals surface area contributed by atoms with Gasteiger partial charge in [0.15, 0.2) is 5.69 Å². The van der Waals surface area contributed by atoms with Crippen LogP contribution in [0.5, 0.6) is 0 Å². The Morgan fingerprint density at radius 3 is 2.15 bits per heavy atom. The average Bonchev–Trinajstić information content (AvgIpc) is 2.70. The normalized spacial score (nSPS) is 15.4. The van der Waals surface area contributed by atoms with E-state index < -0.39 is 11.9 Å². The van der Waals surface area contributed by atoms with Crippen LogP contribution in [0.25, 0.3) is 0 Å². The fraction of sp³-hybridized carbons (Fsp3) is 0.368. The van der Waals surface area contributed by atoms with E-state index in [-0.39, 0.29) is 11.4 Å². The summed E-state index contributed by atoms with van der Waals surface area (Å²) in [7, 11) is 0. The third-order valence-corrected chi connectivity index (χ3v) is 4.63. The monoisotopic (exact) mass is 369 g/mol. The SMILES string of the molecule is CCN1CCN(Cc2ccc(NC(=O)c3cnc(C(=O)O)cn3)cc2)CC1. The number of aromatic carboxylic acids is 1. The summed E-state index contributed by atoms with van der Waals surface area (Å²) in [6.45, 7) is 8.53. The van der Waals surface area contributed by atoms with Crippen molar-refractivity contribution >= 4 is 17.6 Å². The number of hydrogen-bond donors (Lipinski definition) is 2. The minimum Gasteiger partial charge on any atom is -0.476 e. The van der Waals surface area contributed by atoms with Gasteiger partial charge in [-0.05, 0) is 24.2 Å². The van der Waals surface area contributed by atoms with Crippen LogP contribution >= 0.6 is 0 Å². The zero-order chi connectivity index (χ0) is 19.2. The highest BCUT2D eigenvalue weighted by Gasteiger charge is 2.15. The second-order valence-electron chi connectivity index (χ2n) is 6.45. The number of rotatable bonds is 6. The maximum atomic E-state index is 12.2. The summed E-state index contributed by atoms with van der Waals surface area (Å²) in [5.74, 6) is -1.61. The fourth-order valence-corrected chi connectivity index (χ4v) is 2.97. The predicted octanol–water partition coefficient (Wildman–Crippen LogP) is 1.56. The topological polar surface area (TPSA) is 98.7 Å². The van der Waals surface area contributed by atoms with E-state index in [1.165, 1.54) is 5.56 Å². The highest BCUT2D eigenvalue weighted by Crippen LogP contribution is 2.14. The summed E-state index contributed by atoms with van der Waals surface area (Å²) >= 11 is 0. The number of benzene rings is 1. The van der Waals surface area contributed by atoms with E-state index >= 15 is 0 Å². The number of piperazine rings is 1. The highest BCUT2D eigenvalue weighted by molar-refractivity contribution is 6.02. The molecule has 2 aromatic rings. The van der Waals surface area contributed by atoms with Gasteiger partial charge in [-0.2, -0.15) is 0 Å². The van der Waals surface area contributed by atoms with Gasteiger partial charge in [-0.3, -0.25) is 9.69 Å². The Morgan fingerprint density at radius 2 is 1.59 bits per heavy atom. The van der Waals surface area contributed by atoms with Crippen molar-refractivity contribution in [2.24, 2.45) is 0 Å². The van der Waals surface area contributed by atoms with Crippen molar-refractivity contribution < 1.29 is 14.7 Å². The van der Waals surface area contributed by atoms with Crippen molar-refractivity contribution in [2.45, 2.75) is 13.5 Å². The molecule has 8 heteroatoms. The first kappa shape index (κ1) is 18.9. The van der Waals surface area contributed by atoms with E-state index in [9.17, 15) is 9.59 Å². The van der Waals surface area contributed by atoms with Crippen molar-refractivity contribution in [3.63, 3.8) is 0 Å². The number of carboxylic acid groups (broad SMARTS) is 1. The molecule has 142 valence electrons. The van der Waals surface area contributed by atoms with Gasteiger partial charge in [0.2, 0.25) is 0 Å². The van der Waals surface area contributed by atoms with Gasteiger partial charge in [-0.1, -0.05) is 19.1 Å². The molecule has 0 radical (unpaired) electrons. The summed E-state index contributed by atoms with van der Waals surface area (Å²) in [5.41, 5.74) is 1.72. The lowest BCUT2D eigenvalue weighted by Gasteiger charge is -2.34. The van der Waals surface area contributed by atoms with E-state index in [2.05, 4.69) is 32.0 Å². The van der Waals surface area contributed by atoms with Crippen LogP contribution < -0.4 is 5.32 Å². The summed E-state index contributed by atoms with van der Waals surface area (Å²) in [6.07, 6.45) is 2.22. The average molecular weight is 369 g/mol. The maximum Gasteiger partial charge on any atom is 0.356 e. The molecule has 0 bridgehead atoms. The largest absolute Gasteiger partial charge is 0.476 e. The molecule has 1 fully saturated rings. The van der Waals surface area contributed by atoms with Gasteiger partial charge < -0.3 is 15.3 Å². The van der Waals surface area contributed by atoms with Crippen molar-refractivity contribution in [1.82, 2.24) is 19.8 Å². The molecule has 1 aliphatic heterocycles. The number of nitrogens with zero attached hydrogens (tertiary/aromatic N) is 4. The lowest BCUT2D eigenvalue weighted by Crippen LogP contribution is -2.45. The summed E-state index contributed by atoms with van der Waals surface area (Å²) in [4.78, 5) is 35.4. The second-order valence-corrected chi connectivity index (χ2v) is 6.45. The predicted molar refractivity (Wildman–Crippen MR) is 101 cm³/mol. The molecular weight excluding hydrogens is 346 g/mol. The molecule has 0 aliphatic carbocycles. The van der Waals surface area contributed by atoms with E-state index in [0.29, 0.717) is 5.69 Å². The third kappa shape index (κ3) is 5.08. The molecule has 27 heavy (non-hydrogen) atoms. The zero-order valence-electron chi connectivity index (χ0n) is 15.3. The molecule has 0 saturated carbocycles. The van der Waals surface area contributed by atoms with Crippen molar-refractivity contribution in [1.29, 1.82) is 0 Å². The molecule has 1 amide bonds. The molecule has 0 unspecified atom stereocenters. The van der Waals surface area contributed by atoms with Gasteiger partial charge in [-0.25, -0.2) is 14.8 Å². The number of likely N-dealkylation sites (N-methyl/N-ethyl adjacent to an activating group) is 1. The van der Waals surface area contributed by atoms with Gasteiger partial charge in [0.25, 0.3) is 5.91 Å². The second kappa shape index (κ2) is 8.70. The van der Waals surface area contributed by atoms with Crippen molar-refractivity contribution in [2.75, 3.05) is 38.0 Å². The number of hydrogen-bond acceptors (Lipinski definition) is 6. The molecule has 0 spiro atoms. The van der Waals surface area contributed by atoms with Gasteiger partial charge in [0, 0.05) is 38.4 Å². The first-order chi connectivity index (χ1) is 13.0. The van der Waals surface area contributed by atoms with Crippen LogP contribution in [0.1, 0.15) is 33.5 Å². The quantitative estimate of drug-likeness (QED) is 0.797. The third-order valence-electron chi connectivity index (χ3n) is 4.63. The Morgan fingerprint density at radius 1 is 1.00 bits per heavy atom. The van der Waals surface area contributed by atoms with Crippen molar-refractivity contribution in [3.8, 4) is 0 Å². The van der Waals surface area contributed by atoms with E-state index in [1.54, 1.807) is 0 Å². The minimum atomic E-state index is -1.18. The zero-order valence-corrected chi connectivity index (χ0v) is 15.3. The van der Waals surface area contributed by atoms with Gasteiger partial charge in [0.05, 0.1) is 12.4 Å². The van der Waals surface area contributed by atoms with Crippen LogP contribution in [0.15, 0.2) is 36.7 Å². The smallest absolute Gasteiger partial charge is 0.356 e. The maximum absolute atomic E-state index is 12.2. The number of nitrogens with one attached hydrogen (secondary N) is 1. The van der Waals surface area contributed by atoms with E-state index in [4.69, 9.17) is 5.11 Å². The first-order valence-electron chi connectivity index (χ1n) is 8.95. The molecule has 1 aromatic carbocycles. The van der Waals surface area contributed by atoms with Crippen LogP contribution in [-0.2, 0) is 6.54 Å². The van der Waals surface area contributed by atoms with E-state index in [1.807, 2.05) is 24.3 Å². The number of carboxylic acids is 1. The van der Waals surface area contributed by atoms with Crippen molar-refractivity contribution in [3.05, 3.63) is 53.6 Å². The number of amides is 1. The van der Waals surface area contributed by atoms with Crippen LogP contribution in [0.4, 0.5) is 5.69 Å². The molecule has 2 N–H and O–H groups in total. The number of carbonyl (C=O) groups is 2. The molecule has 1 saturated heterocycles. The molecule has 3 rings (SSSR count). The molecule has 0 atom stereocenters. The Labute approximate surface area is 157 Å². The standard InChI is InChI=1S/C19H23N5O3/c1-2-23-7-9-24(10-8-23)13-14-3-5-15(6-4-14)22-18(25)16-11-21-17(12-20-16)19(26)27/h3-6,11-12H,2,7-10,13H2,1H3,(H,22,25)(H,26,27). The lowest BCUT2D eigenvalue weighted by atomic mass is 10.1. The molecule has 2 heterocycles. The molecule has 8 nitrogen and oxygen atoms in total. The van der Waals surface area contributed by atoms with Crippen LogP contribution in [-0.4, -0.2) is 69.5 Å². The Balaban J connectivity index is 1.54. The first-order valence-corrected chi connectivity index (χ1v) is 8.95. The van der Waals surface area contributed by atoms with Gasteiger partial charge in [-0.15, -0.1) is 0 Å². The van der Waals surface area contributed by atoms with Gasteiger partial charge in [0.1, 0.15) is 5.69 Å². The lowest BCUT2D eigenvalue weighted by molar-refractivity contribution is 0.0689. The molecular formula is C19H23N5O3. The molecule has 1 aliphatic rings. The number of aromatic nitrogens is 2. The number of carbonyl (C=O) groups excluding carboxylic acids is 1. The summed E-state index contributed by atoms with van der Waals surface area (Å²) in [6, 6.07) is 7.71. The van der Waals surface area contributed by atoms with E-state index in [0.717, 1.165) is 51.7 Å². The van der Waals surface area contributed by atoms with Crippen LogP contribution in [0, 0.1) is 0 Å². The molecule has 1 aromatic heterocycles. The summed E-state index contributed by atoms with van der Waals surface area (Å²) in [5, 5.41) is 11.6. The fourth-order valence-electron chi connectivity index (χ4n) is 2.97. The Bertz CT molecular complexity index is 784. The van der Waals surface area contributed by atoms with Crippen LogP contribution in [0.3, 0.4) is 0 Å². The summed E-state index contributed by atoms with van der Waals surface area (Å²) < 4.78 is 0. The Kier molecular flexibility index (Phi) is 6.10. The van der Waals surface area contributed by atoms with Gasteiger partial charge >= 0.3 is 5.97 Å². The van der Waals surface area contributed by atoms with Crippen LogP contribution in [0.2, 0.25) is 0 Å². The number of anilines is 1.